The van der Waals surface area contributed by atoms with E-state index in [4.69, 9.17) is 0 Å². The Morgan fingerprint density at radius 1 is 1.29 bits per heavy atom. The molecule has 1 fully saturated rings. The molecular weight excluding hydrogens is 214 g/mol. The highest BCUT2D eigenvalue weighted by Crippen LogP contribution is 2.26. The maximum absolute atomic E-state index is 4.12. The molecule has 1 aliphatic carbocycles. The van der Waals surface area contributed by atoms with Gasteiger partial charge in [0.05, 0.1) is 0 Å². The van der Waals surface area contributed by atoms with E-state index in [2.05, 4.69) is 15.5 Å². The van der Waals surface area contributed by atoms with Gasteiger partial charge in [-0.05, 0) is 19.1 Å². The summed E-state index contributed by atoms with van der Waals surface area (Å²) in [6.07, 6.45) is 8.70. The van der Waals surface area contributed by atoms with E-state index in [-0.39, 0.29) is 0 Å². The van der Waals surface area contributed by atoms with Gasteiger partial charge in [0.2, 0.25) is 5.13 Å². The topological polar surface area (TPSA) is 37.8 Å². The number of thioether (sulfide) groups is 1. The second-order valence-electron chi connectivity index (χ2n) is 3.56. The number of hydrogen-bond acceptors (Lipinski definition) is 5. The number of nitrogens with zero attached hydrogens (tertiary/aromatic N) is 2. The van der Waals surface area contributed by atoms with Crippen LogP contribution in [0.2, 0.25) is 0 Å². The summed E-state index contributed by atoms with van der Waals surface area (Å²) in [4.78, 5) is 0. The zero-order valence-corrected chi connectivity index (χ0v) is 9.96. The molecule has 0 unspecified atom stereocenters. The molecule has 1 saturated carbocycles. The molecule has 1 aliphatic rings. The third-order valence-corrected chi connectivity index (χ3v) is 4.34. The molecule has 2 rings (SSSR count). The molecule has 0 aromatic carbocycles. The van der Waals surface area contributed by atoms with E-state index in [9.17, 15) is 0 Å². The molecule has 78 valence electrons. The minimum atomic E-state index is 0.631. The van der Waals surface area contributed by atoms with Crippen LogP contribution < -0.4 is 5.32 Å². The van der Waals surface area contributed by atoms with Gasteiger partial charge < -0.3 is 5.32 Å². The van der Waals surface area contributed by atoms with Crippen molar-refractivity contribution in [3.05, 3.63) is 0 Å². The largest absolute Gasteiger partial charge is 0.357 e. The van der Waals surface area contributed by atoms with Crippen LogP contribution in [-0.2, 0) is 0 Å². The summed E-state index contributed by atoms with van der Waals surface area (Å²) in [5.74, 6) is 0. The van der Waals surface area contributed by atoms with Crippen molar-refractivity contribution in [2.24, 2.45) is 0 Å². The summed E-state index contributed by atoms with van der Waals surface area (Å²) in [6, 6.07) is 0.631. The first-order valence-corrected chi connectivity index (χ1v) is 7.06. The van der Waals surface area contributed by atoms with Crippen LogP contribution in [0, 0.1) is 0 Å². The van der Waals surface area contributed by atoms with Gasteiger partial charge in [0, 0.05) is 6.04 Å². The van der Waals surface area contributed by atoms with Crippen LogP contribution in [0.5, 0.6) is 0 Å². The molecule has 1 aromatic heterocycles. The number of nitrogens with one attached hydrogen (secondary N) is 1. The normalized spacial score (nSPS) is 18.4. The predicted molar refractivity (Wildman–Crippen MR) is 62.2 cm³/mol. The van der Waals surface area contributed by atoms with Crippen LogP contribution in [0.1, 0.15) is 32.1 Å². The summed E-state index contributed by atoms with van der Waals surface area (Å²) >= 11 is 3.31. The highest BCUT2D eigenvalue weighted by atomic mass is 32.2. The Morgan fingerprint density at radius 2 is 2.07 bits per heavy atom. The van der Waals surface area contributed by atoms with Crippen LogP contribution in [0.4, 0.5) is 5.13 Å². The average molecular weight is 229 g/mol. The Bertz CT molecular complexity index is 281. The van der Waals surface area contributed by atoms with Crippen molar-refractivity contribution in [2.45, 2.75) is 42.5 Å². The smallest absolute Gasteiger partial charge is 0.206 e. The molecule has 0 radical (unpaired) electrons. The van der Waals surface area contributed by atoms with Crippen LogP contribution in [0.3, 0.4) is 0 Å². The maximum Gasteiger partial charge on any atom is 0.206 e. The lowest BCUT2D eigenvalue weighted by molar-refractivity contribution is 0.462. The van der Waals surface area contributed by atoms with E-state index in [1.807, 2.05) is 6.26 Å². The van der Waals surface area contributed by atoms with Gasteiger partial charge in [0.1, 0.15) is 0 Å². The molecule has 1 aromatic rings. The molecule has 0 amide bonds. The van der Waals surface area contributed by atoms with Crippen molar-refractivity contribution in [3.8, 4) is 0 Å². The Hall–Kier alpha value is -0.290. The number of anilines is 1. The van der Waals surface area contributed by atoms with E-state index in [0.717, 1.165) is 9.47 Å². The highest BCUT2D eigenvalue weighted by molar-refractivity contribution is 8.00. The first-order valence-electron chi connectivity index (χ1n) is 5.02. The molecule has 14 heavy (non-hydrogen) atoms. The van der Waals surface area contributed by atoms with Gasteiger partial charge in [-0.1, -0.05) is 42.4 Å². The van der Waals surface area contributed by atoms with Crippen LogP contribution in [0.25, 0.3) is 0 Å². The minimum absolute atomic E-state index is 0.631. The molecule has 0 bridgehead atoms. The first-order chi connectivity index (χ1) is 6.88. The van der Waals surface area contributed by atoms with Crippen molar-refractivity contribution in [2.75, 3.05) is 11.6 Å². The fourth-order valence-electron chi connectivity index (χ4n) is 1.77. The third-order valence-electron chi connectivity index (χ3n) is 2.51. The Morgan fingerprint density at radius 3 is 2.71 bits per heavy atom. The Kier molecular flexibility index (Phi) is 3.64. The van der Waals surface area contributed by atoms with Gasteiger partial charge in [-0.15, -0.1) is 10.2 Å². The Balaban J connectivity index is 1.89. The molecule has 3 nitrogen and oxygen atoms in total. The molecule has 0 atom stereocenters. The second-order valence-corrected chi connectivity index (χ2v) is 5.59. The van der Waals surface area contributed by atoms with E-state index >= 15 is 0 Å². The molecule has 0 aliphatic heterocycles. The lowest BCUT2D eigenvalue weighted by Crippen LogP contribution is -2.21. The molecule has 1 heterocycles. The molecular formula is C9H15N3S2. The van der Waals surface area contributed by atoms with Gasteiger partial charge >= 0.3 is 0 Å². The van der Waals surface area contributed by atoms with Crippen molar-refractivity contribution in [1.29, 1.82) is 0 Å². The lowest BCUT2D eigenvalue weighted by Gasteiger charge is -2.21. The lowest BCUT2D eigenvalue weighted by atomic mass is 9.96. The van der Waals surface area contributed by atoms with Crippen molar-refractivity contribution in [3.63, 3.8) is 0 Å². The fourth-order valence-corrected chi connectivity index (χ4v) is 3.02. The molecule has 1 N–H and O–H groups in total. The van der Waals surface area contributed by atoms with E-state index in [1.165, 1.54) is 32.1 Å². The summed E-state index contributed by atoms with van der Waals surface area (Å²) in [5, 5.41) is 12.6. The number of rotatable bonds is 3. The van der Waals surface area contributed by atoms with Crippen molar-refractivity contribution < 1.29 is 0 Å². The van der Waals surface area contributed by atoms with E-state index in [1.54, 1.807) is 23.1 Å². The third kappa shape index (κ3) is 2.60. The predicted octanol–water partition coefficient (Wildman–Crippen LogP) is 3.00. The fraction of sp³-hybridized carbons (Fsp3) is 0.778. The minimum Gasteiger partial charge on any atom is -0.357 e. The van der Waals surface area contributed by atoms with Crippen LogP contribution in [-0.4, -0.2) is 22.5 Å². The second kappa shape index (κ2) is 4.98. The SMILES string of the molecule is CSc1nnc(NC2CCCCC2)s1. The van der Waals surface area contributed by atoms with Crippen LogP contribution >= 0.6 is 23.1 Å². The van der Waals surface area contributed by atoms with Gasteiger partial charge in [0.15, 0.2) is 4.34 Å². The van der Waals surface area contributed by atoms with Gasteiger partial charge in [-0.2, -0.15) is 0 Å². The monoisotopic (exact) mass is 229 g/mol. The molecule has 0 spiro atoms. The van der Waals surface area contributed by atoms with Crippen molar-refractivity contribution >= 4 is 28.2 Å². The summed E-state index contributed by atoms with van der Waals surface area (Å²) in [6.45, 7) is 0. The molecule has 0 saturated heterocycles. The number of hydrogen-bond donors (Lipinski definition) is 1. The summed E-state index contributed by atoms with van der Waals surface area (Å²) in [5.41, 5.74) is 0. The quantitative estimate of drug-likeness (QED) is 0.809. The Labute approximate surface area is 92.7 Å². The van der Waals surface area contributed by atoms with Gasteiger partial charge in [0.25, 0.3) is 0 Å². The zero-order valence-electron chi connectivity index (χ0n) is 8.32. The van der Waals surface area contributed by atoms with Gasteiger partial charge in [-0.25, -0.2) is 0 Å². The van der Waals surface area contributed by atoms with E-state index in [0.29, 0.717) is 6.04 Å². The first kappa shape index (κ1) is 10.2. The summed E-state index contributed by atoms with van der Waals surface area (Å²) < 4.78 is 1.04. The zero-order chi connectivity index (χ0) is 9.80. The molecule has 5 heteroatoms. The summed E-state index contributed by atoms with van der Waals surface area (Å²) in [7, 11) is 0. The van der Waals surface area contributed by atoms with E-state index < -0.39 is 0 Å². The van der Waals surface area contributed by atoms with Crippen LogP contribution in [0.15, 0.2) is 4.34 Å². The number of aromatic nitrogens is 2. The van der Waals surface area contributed by atoms with Crippen molar-refractivity contribution in [1.82, 2.24) is 10.2 Å². The average Bonchev–Trinajstić information content (AvgIpc) is 2.67. The highest BCUT2D eigenvalue weighted by Gasteiger charge is 2.14. The van der Waals surface area contributed by atoms with Gasteiger partial charge in [-0.3, -0.25) is 0 Å². The standard InChI is InChI=1S/C9H15N3S2/c1-13-9-12-11-8(14-9)10-7-5-3-2-4-6-7/h7H,2-6H2,1H3,(H,10,11). The maximum atomic E-state index is 4.12.